The molecular formula is C38H46O2Si2. The van der Waals surface area contributed by atoms with Gasteiger partial charge in [0.15, 0.2) is 0 Å². The summed E-state index contributed by atoms with van der Waals surface area (Å²) in [7, 11) is -4.63. The van der Waals surface area contributed by atoms with Gasteiger partial charge in [0.2, 0.25) is 0 Å². The smallest absolute Gasteiger partial charge is 0.282 e. The summed E-state index contributed by atoms with van der Waals surface area (Å²) in [5.74, 6) is 2.02. The van der Waals surface area contributed by atoms with Crippen molar-refractivity contribution in [2.24, 2.45) is 0 Å². The zero-order valence-electron chi connectivity index (χ0n) is 26.5. The summed E-state index contributed by atoms with van der Waals surface area (Å²) >= 11 is 0. The van der Waals surface area contributed by atoms with E-state index in [2.05, 4.69) is 152 Å². The van der Waals surface area contributed by atoms with E-state index in [1.54, 1.807) is 0 Å². The Balaban J connectivity index is 1.83. The van der Waals surface area contributed by atoms with Crippen LogP contribution in [0.3, 0.4) is 0 Å². The highest BCUT2D eigenvalue weighted by Crippen LogP contribution is 2.46. The molecule has 5 aromatic rings. The fraction of sp³-hybridized carbons (Fsp3) is 0.316. The van der Waals surface area contributed by atoms with Gasteiger partial charge < -0.3 is 8.85 Å². The second-order valence-corrected chi connectivity index (χ2v) is 20.9. The number of hydrogen-bond acceptors (Lipinski definition) is 2. The Kier molecular flexibility index (Phi) is 8.68. The molecule has 5 rings (SSSR count). The van der Waals surface area contributed by atoms with Gasteiger partial charge in [0.1, 0.15) is 11.5 Å². The summed E-state index contributed by atoms with van der Waals surface area (Å²) in [6.45, 7) is 16.1. The average molecular weight is 591 g/mol. The highest BCUT2D eigenvalue weighted by Gasteiger charge is 2.39. The van der Waals surface area contributed by atoms with Crippen LogP contribution in [0.4, 0.5) is 0 Å². The van der Waals surface area contributed by atoms with Crippen molar-refractivity contribution in [3.8, 4) is 11.5 Å². The van der Waals surface area contributed by atoms with Crippen molar-refractivity contribution in [1.82, 2.24) is 0 Å². The lowest BCUT2D eigenvalue weighted by molar-refractivity contribution is 0.551. The number of rotatable bonds is 10. The first kappa shape index (κ1) is 30.1. The van der Waals surface area contributed by atoms with Crippen LogP contribution in [-0.2, 0) is 5.41 Å². The molecule has 0 aliphatic heterocycles. The molecule has 0 heterocycles. The molecule has 0 radical (unpaired) electrons. The predicted octanol–water partition coefficient (Wildman–Crippen LogP) is 9.83. The van der Waals surface area contributed by atoms with E-state index < -0.39 is 16.6 Å². The fourth-order valence-corrected chi connectivity index (χ4v) is 12.7. The summed E-state index contributed by atoms with van der Waals surface area (Å²) in [4.78, 5) is 0. The minimum absolute atomic E-state index is 0.0109. The summed E-state index contributed by atoms with van der Waals surface area (Å²) in [6.07, 6.45) is 0. The molecule has 42 heavy (non-hydrogen) atoms. The van der Waals surface area contributed by atoms with Crippen molar-refractivity contribution in [1.29, 1.82) is 0 Å². The van der Waals surface area contributed by atoms with E-state index in [4.69, 9.17) is 8.85 Å². The molecule has 5 aromatic carbocycles. The second-order valence-electron chi connectivity index (χ2n) is 12.6. The third kappa shape index (κ3) is 5.43. The van der Waals surface area contributed by atoms with Crippen LogP contribution in [0.25, 0.3) is 21.5 Å². The lowest BCUT2D eigenvalue weighted by atomic mass is 9.85. The summed E-state index contributed by atoms with van der Waals surface area (Å²) in [6, 6.07) is 41.6. The van der Waals surface area contributed by atoms with E-state index in [-0.39, 0.29) is 5.41 Å². The Bertz CT molecular complexity index is 1650. The van der Waals surface area contributed by atoms with Crippen LogP contribution in [0.15, 0.2) is 103 Å². The van der Waals surface area contributed by atoms with Gasteiger partial charge in [-0.2, -0.15) is 0 Å². The molecule has 0 fully saturated rings. The van der Waals surface area contributed by atoms with Gasteiger partial charge in [-0.1, -0.05) is 146 Å². The predicted molar refractivity (Wildman–Crippen MR) is 187 cm³/mol. The molecule has 4 heteroatoms. The van der Waals surface area contributed by atoms with Crippen molar-refractivity contribution in [3.63, 3.8) is 0 Å². The van der Waals surface area contributed by atoms with E-state index in [1.165, 1.54) is 15.9 Å². The van der Waals surface area contributed by atoms with Crippen molar-refractivity contribution in [3.05, 3.63) is 109 Å². The Morgan fingerprint density at radius 3 is 1.26 bits per heavy atom. The summed E-state index contributed by atoms with van der Waals surface area (Å²) < 4.78 is 15.0. The van der Waals surface area contributed by atoms with Gasteiger partial charge in [-0.15, -0.1) is 0 Å². The zero-order chi connectivity index (χ0) is 30.0. The molecule has 2 nitrogen and oxygen atoms in total. The molecule has 0 unspecified atom stereocenters. The maximum Gasteiger partial charge on any atom is 0.282 e. The quantitative estimate of drug-likeness (QED) is 0.119. The highest BCUT2D eigenvalue weighted by molar-refractivity contribution is 6.87. The monoisotopic (exact) mass is 590 g/mol. The number of hydrogen-bond donors (Lipinski definition) is 0. The van der Waals surface area contributed by atoms with E-state index in [0.717, 1.165) is 57.2 Å². The molecule has 0 spiro atoms. The van der Waals surface area contributed by atoms with Crippen LogP contribution in [0.5, 0.6) is 11.5 Å². The molecular weight excluding hydrogens is 545 g/mol. The Labute approximate surface area is 255 Å². The van der Waals surface area contributed by atoms with Gasteiger partial charge in [0.05, 0.1) is 0 Å². The first-order valence-electron chi connectivity index (χ1n) is 15.7. The van der Waals surface area contributed by atoms with Gasteiger partial charge in [-0.05, 0) is 51.6 Å². The van der Waals surface area contributed by atoms with Gasteiger partial charge in [0, 0.05) is 21.5 Å². The maximum absolute atomic E-state index is 7.50. The average Bonchev–Trinajstić information content (AvgIpc) is 3.03. The van der Waals surface area contributed by atoms with Gasteiger partial charge in [-0.3, -0.25) is 0 Å². The molecule has 0 aromatic heterocycles. The van der Waals surface area contributed by atoms with Crippen LogP contribution < -0.4 is 19.2 Å². The van der Waals surface area contributed by atoms with Crippen molar-refractivity contribution < 1.29 is 8.85 Å². The number of fused-ring (bicyclic) bond motifs is 2. The van der Waals surface area contributed by atoms with Gasteiger partial charge in [0.25, 0.3) is 16.6 Å². The molecule has 0 saturated carbocycles. The van der Waals surface area contributed by atoms with Crippen LogP contribution in [0.1, 0.15) is 54.0 Å². The largest absolute Gasteiger partial charge is 0.538 e. The Morgan fingerprint density at radius 2 is 0.857 bits per heavy atom. The second kappa shape index (κ2) is 12.1. The van der Waals surface area contributed by atoms with E-state index in [9.17, 15) is 0 Å². The highest BCUT2D eigenvalue weighted by atomic mass is 28.4. The summed E-state index contributed by atoms with van der Waals surface area (Å²) in [5.41, 5.74) is 1.32. The summed E-state index contributed by atoms with van der Waals surface area (Å²) in [5, 5.41) is 7.30. The van der Waals surface area contributed by atoms with Crippen molar-refractivity contribution in [2.75, 3.05) is 0 Å². The van der Waals surface area contributed by atoms with Crippen LogP contribution in [0.2, 0.25) is 24.2 Å². The molecule has 0 N–H and O–H groups in total. The molecule has 0 saturated heterocycles. The molecule has 0 amide bonds. The van der Waals surface area contributed by atoms with Crippen LogP contribution in [0, 0.1) is 0 Å². The van der Waals surface area contributed by atoms with Gasteiger partial charge >= 0.3 is 0 Å². The third-order valence-corrected chi connectivity index (χ3v) is 17.8. The van der Waals surface area contributed by atoms with Crippen molar-refractivity contribution in [2.45, 2.75) is 78.1 Å². The first-order chi connectivity index (χ1) is 20.2. The Morgan fingerprint density at radius 1 is 0.476 bits per heavy atom. The third-order valence-electron chi connectivity index (χ3n) is 9.27. The first-order valence-corrected chi connectivity index (χ1v) is 20.3. The van der Waals surface area contributed by atoms with Crippen molar-refractivity contribution >= 4 is 48.6 Å². The minimum Gasteiger partial charge on any atom is -0.538 e. The maximum atomic E-state index is 7.50. The topological polar surface area (TPSA) is 18.5 Å². The standard InChI is InChI=1S/C38H46O2Si2/c1-8-41(9-2,30-20-14-12-15-21-30)39-36-32-24-18-19-25-33(32)37(35-28-29(38(5,6)7)26-27-34(35)36)40-42(10-3,11-4)31-22-16-13-17-23-31/h12-28H,8-11H2,1-7H3. The molecule has 0 aliphatic carbocycles. The lowest BCUT2D eigenvalue weighted by Crippen LogP contribution is -2.53. The normalized spacial score (nSPS) is 12.5. The van der Waals surface area contributed by atoms with E-state index >= 15 is 0 Å². The lowest BCUT2D eigenvalue weighted by Gasteiger charge is -2.35. The number of benzene rings is 5. The van der Waals surface area contributed by atoms with E-state index in [1.807, 2.05) is 0 Å². The zero-order valence-corrected chi connectivity index (χ0v) is 28.5. The van der Waals surface area contributed by atoms with Gasteiger partial charge in [-0.25, -0.2) is 0 Å². The molecule has 0 bridgehead atoms. The fourth-order valence-electron chi connectivity index (χ4n) is 6.38. The van der Waals surface area contributed by atoms with Crippen LogP contribution >= 0.6 is 0 Å². The minimum atomic E-state index is -2.32. The Hall–Kier alpha value is -3.35. The molecule has 218 valence electrons. The molecule has 0 aliphatic rings. The van der Waals surface area contributed by atoms with Crippen LogP contribution in [-0.4, -0.2) is 16.6 Å². The van der Waals surface area contributed by atoms with E-state index in [0.29, 0.717) is 0 Å². The molecule has 0 atom stereocenters. The SMILES string of the molecule is CC[Si](CC)(Oc1c2ccccc2c(O[Si](CC)(CC)c2ccccc2)c2cc(C(C)(C)C)ccc12)c1ccccc1.